The maximum absolute atomic E-state index is 12.2. The summed E-state index contributed by atoms with van der Waals surface area (Å²) in [6, 6.07) is 8.98. The first-order valence-electron chi connectivity index (χ1n) is 5.67. The van der Waals surface area contributed by atoms with Gasteiger partial charge in [-0.1, -0.05) is 15.9 Å². The molecule has 0 aromatic heterocycles. The number of aryl methyl sites for hydroxylation is 1. The molecule has 0 saturated carbocycles. The predicted octanol–water partition coefficient (Wildman–Crippen LogP) is 2.85. The zero-order valence-corrected chi connectivity index (χ0v) is 13.0. The van der Waals surface area contributed by atoms with Gasteiger partial charge in [-0.25, -0.2) is 8.42 Å². The Hall–Kier alpha value is -1.73. The van der Waals surface area contributed by atoms with Crippen LogP contribution in [-0.4, -0.2) is 13.5 Å². The number of hydrogen-bond donors (Lipinski definition) is 3. The van der Waals surface area contributed by atoms with E-state index in [4.69, 9.17) is 5.73 Å². The Kier molecular flexibility index (Phi) is 3.92. The summed E-state index contributed by atoms with van der Waals surface area (Å²) in [5.74, 6) is -0.149. The van der Waals surface area contributed by atoms with Crippen LogP contribution in [0.4, 0.5) is 11.4 Å². The van der Waals surface area contributed by atoms with E-state index in [0.717, 1.165) is 10.0 Å². The molecule has 0 amide bonds. The number of benzene rings is 2. The van der Waals surface area contributed by atoms with Gasteiger partial charge < -0.3 is 10.8 Å². The minimum Gasteiger partial charge on any atom is -0.506 e. The minimum atomic E-state index is -3.74. The first-order valence-corrected chi connectivity index (χ1v) is 7.95. The van der Waals surface area contributed by atoms with Gasteiger partial charge in [0.2, 0.25) is 0 Å². The van der Waals surface area contributed by atoms with Crippen molar-refractivity contribution in [3.8, 4) is 5.75 Å². The lowest BCUT2D eigenvalue weighted by Crippen LogP contribution is -2.14. The van der Waals surface area contributed by atoms with Crippen molar-refractivity contribution in [2.45, 2.75) is 11.8 Å². The van der Waals surface area contributed by atoms with E-state index in [1.807, 2.05) is 6.07 Å². The van der Waals surface area contributed by atoms with Gasteiger partial charge in [-0.2, -0.15) is 0 Å². The quantitative estimate of drug-likeness (QED) is 0.582. The highest BCUT2D eigenvalue weighted by Gasteiger charge is 2.16. The molecule has 20 heavy (non-hydrogen) atoms. The molecular formula is C13H13BrN2O3S. The number of halogens is 1. The van der Waals surface area contributed by atoms with Crippen molar-refractivity contribution in [1.82, 2.24) is 0 Å². The van der Waals surface area contributed by atoms with Gasteiger partial charge in [-0.3, -0.25) is 4.72 Å². The standard InChI is InChI=1S/C13H13BrN2O3S/c1-8-6-9(14)2-4-12(8)16-20(18,19)10-3-5-13(17)11(15)7-10/h2-7,16-17H,15H2,1H3. The molecule has 0 spiro atoms. The maximum atomic E-state index is 12.2. The number of aromatic hydroxyl groups is 1. The summed E-state index contributed by atoms with van der Waals surface area (Å²) < 4.78 is 27.8. The van der Waals surface area contributed by atoms with Crippen LogP contribution in [0.5, 0.6) is 5.75 Å². The number of anilines is 2. The van der Waals surface area contributed by atoms with Crippen molar-refractivity contribution in [1.29, 1.82) is 0 Å². The second-order valence-corrected chi connectivity index (χ2v) is 6.88. The summed E-state index contributed by atoms with van der Waals surface area (Å²) in [4.78, 5) is -0.00452. The first-order chi connectivity index (χ1) is 9.29. The molecule has 0 saturated heterocycles. The van der Waals surface area contributed by atoms with E-state index >= 15 is 0 Å². The summed E-state index contributed by atoms with van der Waals surface area (Å²) in [7, 11) is -3.74. The van der Waals surface area contributed by atoms with Crippen LogP contribution in [0.1, 0.15) is 5.56 Å². The Morgan fingerprint density at radius 2 is 1.90 bits per heavy atom. The van der Waals surface area contributed by atoms with Gasteiger partial charge in [0.1, 0.15) is 5.75 Å². The number of nitrogens with two attached hydrogens (primary N) is 1. The molecular weight excluding hydrogens is 344 g/mol. The summed E-state index contributed by atoms with van der Waals surface area (Å²) in [5.41, 5.74) is 6.80. The Morgan fingerprint density at radius 1 is 1.20 bits per heavy atom. The molecule has 0 aliphatic heterocycles. The van der Waals surface area contributed by atoms with Gasteiger partial charge in [-0.05, 0) is 48.9 Å². The molecule has 4 N–H and O–H groups in total. The van der Waals surface area contributed by atoms with Crippen LogP contribution in [0, 0.1) is 6.92 Å². The molecule has 0 atom stereocenters. The zero-order chi connectivity index (χ0) is 14.9. The fourth-order valence-electron chi connectivity index (χ4n) is 1.65. The summed E-state index contributed by atoms with van der Waals surface area (Å²) in [6.45, 7) is 1.80. The van der Waals surface area contributed by atoms with Crippen LogP contribution in [0.3, 0.4) is 0 Å². The molecule has 2 aromatic carbocycles. The van der Waals surface area contributed by atoms with Gasteiger partial charge in [0.15, 0.2) is 0 Å². The highest BCUT2D eigenvalue weighted by atomic mass is 79.9. The van der Waals surface area contributed by atoms with Crippen molar-refractivity contribution in [3.63, 3.8) is 0 Å². The lowest BCUT2D eigenvalue weighted by atomic mass is 10.2. The number of nitrogens with one attached hydrogen (secondary N) is 1. The van der Waals surface area contributed by atoms with Crippen molar-refractivity contribution in [3.05, 3.63) is 46.4 Å². The summed E-state index contributed by atoms with van der Waals surface area (Å²) >= 11 is 3.32. The molecule has 0 heterocycles. The molecule has 2 aromatic rings. The Bertz CT molecular complexity index is 760. The number of phenolic OH excluding ortho intramolecular Hbond substituents is 1. The second-order valence-electron chi connectivity index (χ2n) is 4.29. The molecule has 0 aliphatic rings. The predicted molar refractivity (Wildman–Crippen MR) is 82.2 cm³/mol. The van der Waals surface area contributed by atoms with Crippen LogP contribution in [0.25, 0.3) is 0 Å². The molecule has 106 valence electrons. The second kappa shape index (κ2) is 5.34. The van der Waals surface area contributed by atoms with Gasteiger partial charge in [0.25, 0.3) is 10.0 Å². The third-order valence-corrected chi connectivity index (χ3v) is 4.60. The van der Waals surface area contributed by atoms with E-state index in [2.05, 4.69) is 20.7 Å². The fourth-order valence-corrected chi connectivity index (χ4v) is 3.29. The van der Waals surface area contributed by atoms with Crippen LogP contribution in [0.15, 0.2) is 45.8 Å². The smallest absolute Gasteiger partial charge is 0.261 e. The highest BCUT2D eigenvalue weighted by molar-refractivity contribution is 9.10. The normalized spacial score (nSPS) is 11.3. The van der Waals surface area contributed by atoms with Gasteiger partial charge in [0.05, 0.1) is 16.3 Å². The molecule has 0 radical (unpaired) electrons. The molecule has 7 heteroatoms. The van der Waals surface area contributed by atoms with Gasteiger partial charge >= 0.3 is 0 Å². The molecule has 0 unspecified atom stereocenters. The Labute approximate surface area is 125 Å². The van der Waals surface area contributed by atoms with E-state index in [9.17, 15) is 13.5 Å². The number of hydrogen-bond acceptors (Lipinski definition) is 4. The fraction of sp³-hybridized carbons (Fsp3) is 0.0769. The average molecular weight is 357 g/mol. The summed E-state index contributed by atoms with van der Waals surface area (Å²) in [5, 5.41) is 9.33. The van der Waals surface area contributed by atoms with Crippen molar-refractivity contribution in [2.75, 3.05) is 10.5 Å². The van der Waals surface area contributed by atoms with Crippen LogP contribution < -0.4 is 10.5 Å². The molecule has 2 rings (SSSR count). The van der Waals surface area contributed by atoms with Crippen LogP contribution in [-0.2, 0) is 10.0 Å². The highest BCUT2D eigenvalue weighted by Crippen LogP contribution is 2.26. The van der Waals surface area contributed by atoms with E-state index in [1.165, 1.54) is 18.2 Å². The third-order valence-electron chi connectivity index (χ3n) is 2.74. The average Bonchev–Trinajstić information content (AvgIpc) is 2.36. The van der Waals surface area contributed by atoms with Crippen molar-refractivity contribution < 1.29 is 13.5 Å². The topological polar surface area (TPSA) is 92.4 Å². The third kappa shape index (κ3) is 3.05. The van der Waals surface area contributed by atoms with Gasteiger partial charge in [-0.15, -0.1) is 0 Å². The molecule has 0 bridgehead atoms. The Balaban J connectivity index is 2.38. The summed E-state index contributed by atoms with van der Waals surface area (Å²) in [6.07, 6.45) is 0. The lowest BCUT2D eigenvalue weighted by Gasteiger charge is -2.11. The number of sulfonamides is 1. The largest absolute Gasteiger partial charge is 0.506 e. The molecule has 0 fully saturated rings. The maximum Gasteiger partial charge on any atom is 0.261 e. The van der Waals surface area contributed by atoms with Crippen LogP contribution in [0.2, 0.25) is 0 Å². The van der Waals surface area contributed by atoms with Crippen molar-refractivity contribution >= 4 is 37.3 Å². The number of nitrogen functional groups attached to an aromatic ring is 1. The monoisotopic (exact) mass is 356 g/mol. The van der Waals surface area contributed by atoms with E-state index in [0.29, 0.717) is 5.69 Å². The molecule has 0 aliphatic carbocycles. The Morgan fingerprint density at radius 3 is 2.50 bits per heavy atom. The minimum absolute atomic E-state index is 0.00452. The zero-order valence-electron chi connectivity index (χ0n) is 10.6. The number of phenols is 1. The first kappa shape index (κ1) is 14.7. The van der Waals surface area contributed by atoms with E-state index < -0.39 is 10.0 Å². The lowest BCUT2D eigenvalue weighted by molar-refractivity contribution is 0.477. The van der Waals surface area contributed by atoms with Crippen molar-refractivity contribution in [2.24, 2.45) is 0 Å². The van der Waals surface area contributed by atoms with Crippen LogP contribution >= 0.6 is 15.9 Å². The van der Waals surface area contributed by atoms with E-state index in [-0.39, 0.29) is 16.3 Å². The SMILES string of the molecule is Cc1cc(Br)ccc1NS(=O)(=O)c1ccc(O)c(N)c1. The van der Waals surface area contributed by atoms with E-state index in [1.54, 1.807) is 19.1 Å². The number of rotatable bonds is 3. The van der Waals surface area contributed by atoms with Gasteiger partial charge in [0, 0.05) is 4.47 Å². The molecule has 5 nitrogen and oxygen atoms in total.